The highest BCUT2D eigenvalue weighted by Gasteiger charge is 2.21. The van der Waals surface area contributed by atoms with Gasteiger partial charge in [-0.25, -0.2) is 0 Å². The van der Waals surface area contributed by atoms with E-state index in [4.69, 9.17) is 9.47 Å². The minimum absolute atomic E-state index is 0.0182. The molecule has 4 rings (SSSR count). The van der Waals surface area contributed by atoms with Crippen LogP contribution < -0.4 is 14.4 Å². The first kappa shape index (κ1) is 24.3. The van der Waals surface area contributed by atoms with Gasteiger partial charge >= 0.3 is 0 Å². The molecule has 1 aliphatic heterocycles. The van der Waals surface area contributed by atoms with Gasteiger partial charge in [-0.05, 0) is 60.9 Å². The Morgan fingerprint density at radius 1 is 1.00 bits per heavy atom. The van der Waals surface area contributed by atoms with Crippen molar-refractivity contribution in [1.82, 2.24) is 4.90 Å². The zero-order valence-electron chi connectivity index (χ0n) is 20.6. The second kappa shape index (κ2) is 11.1. The number of ether oxygens (including phenoxy) is 2. The lowest BCUT2D eigenvalue weighted by atomic mass is 10.1. The third-order valence-electron chi connectivity index (χ3n) is 6.31. The van der Waals surface area contributed by atoms with Gasteiger partial charge in [-0.1, -0.05) is 35.9 Å². The van der Waals surface area contributed by atoms with E-state index >= 15 is 0 Å². The Kier molecular flexibility index (Phi) is 7.70. The van der Waals surface area contributed by atoms with E-state index in [9.17, 15) is 9.59 Å². The molecule has 0 spiro atoms. The summed E-state index contributed by atoms with van der Waals surface area (Å²) in [5.74, 6) is 1.69. The molecule has 3 aromatic rings. The monoisotopic (exact) mass is 472 g/mol. The molecular formula is C29H32N2O4. The predicted octanol–water partition coefficient (Wildman–Crippen LogP) is 4.91. The lowest BCUT2D eigenvalue weighted by molar-refractivity contribution is -0.131. The van der Waals surface area contributed by atoms with E-state index in [0.29, 0.717) is 39.1 Å². The van der Waals surface area contributed by atoms with Crippen molar-refractivity contribution in [2.75, 3.05) is 25.2 Å². The molecule has 0 saturated heterocycles. The van der Waals surface area contributed by atoms with Crippen LogP contribution in [0, 0.1) is 6.92 Å². The number of methoxy groups -OCH3 is 1. The molecule has 182 valence electrons. The van der Waals surface area contributed by atoms with Crippen LogP contribution in [-0.2, 0) is 29.1 Å². The maximum absolute atomic E-state index is 13.0. The topological polar surface area (TPSA) is 59.1 Å². The van der Waals surface area contributed by atoms with Gasteiger partial charge < -0.3 is 19.3 Å². The maximum atomic E-state index is 13.0. The number of hydrogen-bond acceptors (Lipinski definition) is 4. The molecular weight excluding hydrogens is 440 g/mol. The Labute approximate surface area is 207 Å². The zero-order valence-corrected chi connectivity index (χ0v) is 20.6. The fourth-order valence-corrected chi connectivity index (χ4v) is 4.25. The summed E-state index contributed by atoms with van der Waals surface area (Å²) in [4.78, 5) is 29.0. The van der Waals surface area contributed by atoms with Crippen molar-refractivity contribution in [3.8, 4) is 11.5 Å². The van der Waals surface area contributed by atoms with Crippen molar-refractivity contribution >= 4 is 17.5 Å². The number of carbonyl (C=O) groups excluding carboxylic acids is 2. The fraction of sp³-hybridized carbons (Fsp3) is 0.310. The van der Waals surface area contributed by atoms with Crippen LogP contribution in [0.15, 0.2) is 66.7 Å². The van der Waals surface area contributed by atoms with Crippen molar-refractivity contribution < 1.29 is 19.1 Å². The van der Waals surface area contributed by atoms with Gasteiger partial charge in [-0.3, -0.25) is 9.59 Å². The van der Waals surface area contributed by atoms with Crippen LogP contribution in [0.1, 0.15) is 35.6 Å². The Morgan fingerprint density at radius 3 is 2.40 bits per heavy atom. The molecule has 3 aromatic carbocycles. The second-order valence-corrected chi connectivity index (χ2v) is 8.89. The third-order valence-corrected chi connectivity index (χ3v) is 6.31. The largest absolute Gasteiger partial charge is 0.497 e. The Bertz CT molecular complexity index is 1170. The number of amides is 2. The third kappa shape index (κ3) is 6.21. The van der Waals surface area contributed by atoms with Crippen molar-refractivity contribution in [1.29, 1.82) is 0 Å². The molecule has 35 heavy (non-hydrogen) atoms. The van der Waals surface area contributed by atoms with Gasteiger partial charge in [0.15, 0.2) is 0 Å². The molecule has 0 radical (unpaired) electrons. The molecule has 6 heteroatoms. The van der Waals surface area contributed by atoms with Crippen LogP contribution in [0.5, 0.6) is 11.5 Å². The Morgan fingerprint density at radius 2 is 1.71 bits per heavy atom. The highest BCUT2D eigenvalue weighted by Crippen LogP contribution is 2.27. The zero-order chi connectivity index (χ0) is 24.8. The van der Waals surface area contributed by atoms with E-state index in [-0.39, 0.29) is 11.8 Å². The van der Waals surface area contributed by atoms with E-state index in [1.54, 1.807) is 18.9 Å². The molecule has 1 heterocycles. The van der Waals surface area contributed by atoms with Crippen molar-refractivity contribution in [2.45, 2.75) is 39.8 Å². The second-order valence-electron chi connectivity index (χ2n) is 8.89. The van der Waals surface area contributed by atoms with E-state index in [1.807, 2.05) is 72.5 Å². The molecule has 0 atom stereocenters. The number of aryl methyl sites for hydroxylation is 2. The number of benzene rings is 3. The van der Waals surface area contributed by atoms with Crippen LogP contribution in [0.2, 0.25) is 0 Å². The summed E-state index contributed by atoms with van der Waals surface area (Å²) in [6.07, 6.45) is 1.12. The van der Waals surface area contributed by atoms with Gasteiger partial charge in [-0.15, -0.1) is 0 Å². The number of anilines is 1. The van der Waals surface area contributed by atoms with Gasteiger partial charge in [0, 0.05) is 31.1 Å². The highest BCUT2D eigenvalue weighted by atomic mass is 16.5. The minimum atomic E-state index is -0.0182. The Hall–Kier alpha value is -3.80. The summed E-state index contributed by atoms with van der Waals surface area (Å²) in [6.45, 7) is 5.57. The number of carbonyl (C=O) groups is 2. The van der Waals surface area contributed by atoms with Crippen LogP contribution in [0.3, 0.4) is 0 Å². The fourth-order valence-electron chi connectivity index (χ4n) is 4.25. The van der Waals surface area contributed by atoms with E-state index in [1.165, 1.54) is 0 Å². The summed E-state index contributed by atoms with van der Waals surface area (Å²) >= 11 is 0. The van der Waals surface area contributed by atoms with Gasteiger partial charge in [0.2, 0.25) is 11.8 Å². The van der Waals surface area contributed by atoms with E-state index < -0.39 is 0 Å². The number of rotatable bonds is 7. The van der Waals surface area contributed by atoms with Crippen molar-refractivity contribution in [2.24, 2.45) is 0 Å². The molecule has 2 amide bonds. The molecule has 0 bridgehead atoms. The molecule has 1 aliphatic rings. The quantitative estimate of drug-likeness (QED) is 0.490. The normalized spacial score (nSPS) is 12.8. The molecule has 0 aliphatic carbocycles. The molecule has 0 fully saturated rings. The standard InChI is InChI=1S/C29H32N2O4/c1-21-4-10-26(11-5-21)31(22(2)32)19-24-8-14-28-25(18-24)20-30(16-17-35-28)29(33)15-9-23-6-12-27(34-3)13-7-23/h4-8,10-14,18H,9,15-17,19-20H2,1-3H3. The van der Waals surface area contributed by atoms with Crippen molar-refractivity contribution in [3.05, 3.63) is 89.0 Å². The first-order valence-electron chi connectivity index (χ1n) is 11.9. The number of nitrogens with zero attached hydrogens (tertiary/aromatic N) is 2. The van der Waals surface area contributed by atoms with E-state index in [0.717, 1.165) is 39.4 Å². The SMILES string of the molecule is COc1ccc(CCC(=O)N2CCOc3ccc(CN(C(C)=O)c4ccc(C)cc4)cc3C2)cc1. The summed E-state index contributed by atoms with van der Waals surface area (Å²) in [5.41, 5.74) is 5.08. The van der Waals surface area contributed by atoms with Crippen LogP contribution in [-0.4, -0.2) is 37.0 Å². The molecule has 0 unspecified atom stereocenters. The first-order chi connectivity index (χ1) is 16.9. The van der Waals surface area contributed by atoms with Crippen LogP contribution >= 0.6 is 0 Å². The maximum Gasteiger partial charge on any atom is 0.224 e. The van der Waals surface area contributed by atoms with Gasteiger partial charge in [0.1, 0.15) is 18.1 Å². The Balaban J connectivity index is 1.44. The summed E-state index contributed by atoms with van der Waals surface area (Å²) in [7, 11) is 1.64. The molecule has 0 saturated carbocycles. The summed E-state index contributed by atoms with van der Waals surface area (Å²) in [5, 5.41) is 0. The van der Waals surface area contributed by atoms with Gasteiger partial charge in [0.05, 0.1) is 20.2 Å². The van der Waals surface area contributed by atoms with Crippen molar-refractivity contribution in [3.63, 3.8) is 0 Å². The lowest BCUT2D eigenvalue weighted by Gasteiger charge is -2.23. The molecule has 0 aromatic heterocycles. The molecule has 6 nitrogen and oxygen atoms in total. The minimum Gasteiger partial charge on any atom is -0.497 e. The smallest absolute Gasteiger partial charge is 0.224 e. The van der Waals surface area contributed by atoms with Gasteiger partial charge in [-0.2, -0.15) is 0 Å². The van der Waals surface area contributed by atoms with E-state index in [2.05, 4.69) is 6.07 Å². The summed E-state index contributed by atoms with van der Waals surface area (Å²) < 4.78 is 11.1. The first-order valence-corrected chi connectivity index (χ1v) is 11.9. The number of fused-ring (bicyclic) bond motifs is 1. The average Bonchev–Trinajstić information content (AvgIpc) is 3.09. The average molecular weight is 473 g/mol. The van der Waals surface area contributed by atoms with Gasteiger partial charge in [0.25, 0.3) is 0 Å². The highest BCUT2D eigenvalue weighted by molar-refractivity contribution is 5.91. The lowest BCUT2D eigenvalue weighted by Crippen LogP contribution is -2.32. The number of hydrogen-bond donors (Lipinski definition) is 0. The predicted molar refractivity (Wildman–Crippen MR) is 137 cm³/mol. The summed E-state index contributed by atoms with van der Waals surface area (Å²) in [6, 6.07) is 21.7. The van der Waals surface area contributed by atoms with Crippen LogP contribution in [0.25, 0.3) is 0 Å². The molecule has 0 N–H and O–H groups in total. The van der Waals surface area contributed by atoms with Crippen LogP contribution in [0.4, 0.5) is 5.69 Å².